The first-order valence-electron chi connectivity index (χ1n) is 11.5. The second kappa shape index (κ2) is 8.15. The van der Waals surface area contributed by atoms with Gasteiger partial charge in [-0.2, -0.15) is 0 Å². The lowest BCUT2D eigenvalue weighted by atomic mass is 9.78. The highest BCUT2D eigenvalue weighted by Crippen LogP contribution is 2.45. The van der Waals surface area contributed by atoms with Crippen molar-refractivity contribution in [2.75, 3.05) is 19.4 Å². The first-order valence-corrected chi connectivity index (χ1v) is 11.5. The first kappa shape index (κ1) is 22.5. The highest BCUT2D eigenvalue weighted by molar-refractivity contribution is 5.81. The summed E-state index contributed by atoms with van der Waals surface area (Å²) >= 11 is 0. The smallest absolute Gasteiger partial charge is 0.308 e. The Labute approximate surface area is 192 Å². The van der Waals surface area contributed by atoms with Gasteiger partial charge in [-0.1, -0.05) is 0 Å². The minimum Gasteiger partial charge on any atom is -0.469 e. The van der Waals surface area contributed by atoms with E-state index in [0.717, 1.165) is 12.8 Å². The maximum Gasteiger partial charge on any atom is 0.308 e. The third kappa shape index (κ3) is 3.86. The molecule has 0 spiro atoms. The van der Waals surface area contributed by atoms with Gasteiger partial charge in [-0.15, -0.1) is 0 Å². The number of ether oxygens (including phenoxy) is 4. The van der Waals surface area contributed by atoms with Crippen molar-refractivity contribution in [2.45, 2.75) is 82.9 Å². The van der Waals surface area contributed by atoms with E-state index in [4.69, 9.17) is 24.7 Å². The largest absolute Gasteiger partial charge is 0.469 e. The van der Waals surface area contributed by atoms with Crippen LogP contribution in [0.4, 0.5) is 5.82 Å². The molecular weight excluding hydrogens is 428 g/mol. The van der Waals surface area contributed by atoms with Crippen LogP contribution >= 0.6 is 0 Å². The van der Waals surface area contributed by atoms with Gasteiger partial charge in [0, 0.05) is 18.6 Å². The zero-order valence-corrected chi connectivity index (χ0v) is 19.7. The van der Waals surface area contributed by atoms with E-state index < -0.39 is 12.0 Å². The molecule has 4 atom stereocenters. The van der Waals surface area contributed by atoms with Gasteiger partial charge in [0.1, 0.15) is 30.2 Å². The molecule has 3 fully saturated rings. The third-order valence-corrected chi connectivity index (χ3v) is 6.96. The van der Waals surface area contributed by atoms with Crippen molar-refractivity contribution in [3.63, 3.8) is 0 Å². The van der Waals surface area contributed by atoms with E-state index >= 15 is 0 Å². The van der Waals surface area contributed by atoms with Gasteiger partial charge in [0.05, 0.1) is 19.4 Å². The van der Waals surface area contributed by atoms with Crippen LogP contribution in [0.25, 0.3) is 11.2 Å². The van der Waals surface area contributed by atoms with Gasteiger partial charge < -0.3 is 24.7 Å². The molecule has 5 rings (SSSR count). The average molecular weight is 461 g/mol. The molecule has 11 heteroatoms. The summed E-state index contributed by atoms with van der Waals surface area (Å²) in [6, 6.07) is 0.582. The number of esters is 1. The molecule has 1 saturated carbocycles. The molecule has 2 aromatic rings. The minimum absolute atomic E-state index is 0.0290. The molecule has 1 unspecified atom stereocenters. The van der Waals surface area contributed by atoms with Gasteiger partial charge in [-0.25, -0.2) is 15.0 Å². The highest BCUT2D eigenvalue weighted by atomic mass is 16.8. The van der Waals surface area contributed by atoms with Gasteiger partial charge in [0.15, 0.2) is 23.5 Å². The van der Waals surface area contributed by atoms with Gasteiger partial charge in [0.2, 0.25) is 0 Å². The second-order valence-corrected chi connectivity index (χ2v) is 9.85. The Morgan fingerprint density at radius 1 is 1.27 bits per heavy atom. The lowest BCUT2D eigenvalue weighted by Gasteiger charge is -2.45. The van der Waals surface area contributed by atoms with Crippen LogP contribution in [0.15, 0.2) is 12.7 Å². The summed E-state index contributed by atoms with van der Waals surface area (Å²) in [6.45, 7) is 8.82. The topological polar surface area (TPSA) is 127 Å². The summed E-state index contributed by atoms with van der Waals surface area (Å²) in [6.07, 6.45) is 3.42. The lowest BCUT2D eigenvalue weighted by Crippen LogP contribution is -2.53. The van der Waals surface area contributed by atoms with E-state index in [1.165, 1.54) is 13.4 Å². The minimum atomic E-state index is -0.727. The summed E-state index contributed by atoms with van der Waals surface area (Å²) in [5, 5.41) is 0. The first-order chi connectivity index (χ1) is 15.7. The molecule has 4 heterocycles. The highest BCUT2D eigenvalue weighted by Gasteiger charge is 2.57. The zero-order chi connectivity index (χ0) is 23.5. The number of nitrogens with zero attached hydrogens (tertiary/aromatic N) is 5. The van der Waals surface area contributed by atoms with Gasteiger partial charge >= 0.3 is 5.97 Å². The van der Waals surface area contributed by atoms with E-state index in [1.54, 1.807) is 6.33 Å². The number of aromatic nitrogens is 4. The Bertz CT molecular complexity index is 1040. The molecule has 2 aliphatic heterocycles. The van der Waals surface area contributed by atoms with Crippen molar-refractivity contribution >= 4 is 23.0 Å². The summed E-state index contributed by atoms with van der Waals surface area (Å²) in [5.41, 5.74) is 7.11. The van der Waals surface area contributed by atoms with Crippen LogP contribution in [0.1, 0.15) is 46.8 Å². The van der Waals surface area contributed by atoms with Crippen molar-refractivity contribution in [1.82, 2.24) is 24.4 Å². The van der Waals surface area contributed by atoms with Gasteiger partial charge in [0.25, 0.3) is 0 Å². The number of carbonyl (C=O) groups excluding carboxylic acids is 1. The van der Waals surface area contributed by atoms with Crippen molar-refractivity contribution in [3.05, 3.63) is 12.7 Å². The molecular formula is C22H32N6O5. The molecule has 1 aliphatic carbocycles. The Hall–Kier alpha value is -2.34. The van der Waals surface area contributed by atoms with E-state index in [-0.39, 0.29) is 36.2 Å². The summed E-state index contributed by atoms with van der Waals surface area (Å²) in [7, 11) is 1.44. The molecule has 0 radical (unpaired) electrons. The number of anilines is 1. The summed E-state index contributed by atoms with van der Waals surface area (Å²) < 4.78 is 25.9. The quantitative estimate of drug-likeness (QED) is 0.633. The number of methoxy groups -OCH3 is 1. The van der Waals surface area contributed by atoms with Crippen molar-refractivity contribution < 1.29 is 23.7 Å². The zero-order valence-electron chi connectivity index (χ0n) is 19.7. The van der Waals surface area contributed by atoms with Crippen LogP contribution in [0, 0.1) is 5.92 Å². The number of hydrogen-bond acceptors (Lipinski definition) is 10. The van der Waals surface area contributed by atoms with Crippen LogP contribution in [-0.4, -0.2) is 80.2 Å². The number of fused-ring (bicyclic) bond motifs is 2. The molecule has 180 valence electrons. The van der Waals surface area contributed by atoms with Crippen LogP contribution < -0.4 is 5.73 Å². The SMILES string of the molecule is COC(=O)C1CC(N(C[C@H]2OC(n3cnc4c(N)ncnc43)[C@@H]3OC(C)(C)O[C@H]23)C(C)C)C1. The van der Waals surface area contributed by atoms with Crippen molar-refractivity contribution in [1.29, 1.82) is 0 Å². The molecule has 2 saturated heterocycles. The molecule has 2 N–H and O–H groups in total. The maximum absolute atomic E-state index is 11.9. The fraction of sp³-hybridized carbons (Fsp3) is 0.727. The number of nitrogens with two attached hydrogens (primary N) is 1. The number of hydrogen-bond donors (Lipinski definition) is 1. The fourth-order valence-electron chi connectivity index (χ4n) is 5.29. The van der Waals surface area contributed by atoms with E-state index in [0.29, 0.717) is 29.6 Å². The Balaban J connectivity index is 1.39. The fourth-order valence-corrected chi connectivity index (χ4v) is 5.29. The van der Waals surface area contributed by atoms with E-state index in [1.807, 2.05) is 18.4 Å². The van der Waals surface area contributed by atoms with Crippen LogP contribution in [0.3, 0.4) is 0 Å². The Morgan fingerprint density at radius 3 is 2.70 bits per heavy atom. The molecule has 2 aromatic heterocycles. The molecule has 33 heavy (non-hydrogen) atoms. The molecule has 11 nitrogen and oxygen atoms in total. The van der Waals surface area contributed by atoms with Crippen LogP contribution in [0.2, 0.25) is 0 Å². The van der Waals surface area contributed by atoms with Crippen molar-refractivity contribution in [2.24, 2.45) is 5.92 Å². The number of nitrogen functional groups attached to an aromatic ring is 1. The summed E-state index contributed by atoms with van der Waals surface area (Å²) in [5.74, 6) is -0.562. The lowest BCUT2D eigenvalue weighted by molar-refractivity contribution is -0.199. The predicted octanol–water partition coefficient (Wildman–Crippen LogP) is 1.49. The number of carbonyl (C=O) groups is 1. The monoisotopic (exact) mass is 460 g/mol. The molecule has 0 bridgehead atoms. The molecule has 0 aromatic carbocycles. The van der Waals surface area contributed by atoms with Gasteiger partial charge in [-0.05, 0) is 40.5 Å². The van der Waals surface area contributed by atoms with Crippen LogP contribution in [-0.2, 0) is 23.7 Å². The Morgan fingerprint density at radius 2 is 2.00 bits per heavy atom. The maximum atomic E-state index is 11.9. The van der Waals surface area contributed by atoms with Crippen molar-refractivity contribution in [3.8, 4) is 0 Å². The van der Waals surface area contributed by atoms with Gasteiger partial charge in [-0.3, -0.25) is 14.3 Å². The summed E-state index contributed by atoms with van der Waals surface area (Å²) in [4.78, 5) is 27.1. The molecule has 0 amide bonds. The second-order valence-electron chi connectivity index (χ2n) is 9.85. The predicted molar refractivity (Wildman–Crippen MR) is 118 cm³/mol. The van der Waals surface area contributed by atoms with Crippen LogP contribution in [0.5, 0.6) is 0 Å². The average Bonchev–Trinajstić information content (AvgIpc) is 3.37. The standard InChI is InChI=1S/C22H32N6O5/c1-11(2)27(13-6-12(7-13)21(29)30-5)8-14-16-17(33-22(3,4)32-16)20(31-14)28-10-26-15-18(23)24-9-25-19(15)28/h9-14,16-17,20H,6-8H2,1-5H3,(H2,23,24,25)/t12?,13?,14-,16-,17-,20?/m1/s1. The number of rotatable bonds is 6. The van der Waals surface area contributed by atoms with E-state index in [2.05, 4.69) is 33.7 Å². The third-order valence-electron chi connectivity index (χ3n) is 6.96. The number of imidazole rings is 1. The van der Waals surface area contributed by atoms with E-state index in [9.17, 15) is 4.79 Å². The molecule has 3 aliphatic rings. The normalized spacial score (nSPS) is 32.9. The Kier molecular flexibility index (Phi) is 5.55.